The molecule has 0 bridgehead atoms. The minimum atomic E-state index is -1.01. The van der Waals surface area contributed by atoms with E-state index in [1.54, 1.807) is 17.0 Å². The largest absolute Gasteiger partial charge is 0.343 e. The van der Waals surface area contributed by atoms with Crippen LogP contribution in [0, 0.1) is 6.92 Å². The molecule has 0 radical (unpaired) electrons. The Bertz CT molecular complexity index is 667. The first-order valence-corrected chi connectivity index (χ1v) is 8.94. The maximum atomic E-state index is 12.5. The fourth-order valence-electron chi connectivity index (χ4n) is 2.34. The molecular formula is C16H21N3O2S. The molecule has 0 aliphatic rings. The zero-order valence-electron chi connectivity index (χ0n) is 13.1. The first-order chi connectivity index (χ1) is 10.5. The molecule has 0 aliphatic heterocycles. The molecule has 2 rings (SSSR count). The minimum Gasteiger partial charge on any atom is -0.343 e. The van der Waals surface area contributed by atoms with Crippen LogP contribution in [0.15, 0.2) is 36.4 Å². The monoisotopic (exact) mass is 319 g/mol. The molecule has 2 aromatic rings. The number of nitrogens with one attached hydrogen (secondary N) is 1. The number of hydrogen-bond donors (Lipinski definition) is 1. The van der Waals surface area contributed by atoms with Gasteiger partial charge in [-0.2, -0.15) is 5.10 Å². The Labute approximate surface area is 133 Å². The van der Waals surface area contributed by atoms with Gasteiger partial charge in [-0.15, -0.1) is 0 Å². The van der Waals surface area contributed by atoms with E-state index in [9.17, 15) is 9.00 Å². The molecule has 0 saturated heterocycles. The molecule has 0 spiro atoms. The molecule has 1 amide bonds. The van der Waals surface area contributed by atoms with E-state index in [2.05, 4.69) is 10.4 Å². The zero-order chi connectivity index (χ0) is 16.1. The number of benzene rings is 1. The second-order valence-electron chi connectivity index (χ2n) is 5.16. The Balaban J connectivity index is 2.23. The molecule has 0 saturated carbocycles. The first-order valence-electron chi connectivity index (χ1n) is 7.21. The summed E-state index contributed by atoms with van der Waals surface area (Å²) in [6.45, 7) is 4.43. The highest BCUT2D eigenvalue weighted by atomic mass is 32.2. The van der Waals surface area contributed by atoms with Crippen LogP contribution in [0.1, 0.15) is 34.7 Å². The molecule has 0 unspecified atom stereocenters. The van der Waals surface area contributed by atoms with Crippen LogP contribution in [-0.2, 0) is 17.3 Å². The Kier molecular flexibility index (Phi) is 5.49. The quantitative estimate of drug-likeness (QED) is 0.886. The van der Waals surface area contributed by atoms with Gasteiger partial charge >= 0.3 is 0 Å². The van der Waals surface area contributed by atoms with Gasteiger partial charge in [0.1, 0.15) is 5.69 Å². The van der Waals surface area contributed by atoms with Gasteiger partial charge < -0.3 is 5.32 Å². The van der Waals surface area contributed by atoms with Gasteiger partial charge in [0, 0.05) is 29.4 Å². The number of nitrogens with zero attached hydrogens (tertiary/aromatic N) is 2. The number of carbonyl (C=O) groups is 1. The van der Waals surface area contributed by atoms with Crippen LogP contribution in [0.5, 0.6) is 0 Å². The molecular weight excluding hydrogens is 298 g/mol. The Morgan fingerprint density at radius 1 is 1.36 bits per heavy atom. The Morgan fingerprint density at radius 2 is 2.05 bits per heavy atom. The number of hydrogen-bond acceptors (Lipinski definition) is 3. The molecule has 1 heterocycles. The lowest BCUT2D eigenvalue weighted by atomic mass is 10.1. The van der Waals surface area contributed by atoms with Crippen LogP contribution >= 0.6 is 0 Å². The van der Waals surface area contributed by atoms with Crippen molar-refractivity contribution in [3.8, 4) is 0 Å². The normalized spacial score (nSPS) is 13.6. The highest BCUT2D eigenvalue weighted by molar-refractivity contribution is 7.84. The van der Waals surface area contributed by atoms with Crippen LogP contribution in [0.25, 0.3) is 0 Å². The van der Waals surface area contributed by atoms with E-state index >= 15 is 0 Å². The van der Waals surface area contributed by atoms with E-state index in [0.29, 0.717) is 18.0 Å². The molecule has 2 atom stereocenters. The molecule has 0 aliphatic carbocycles. The third-order valence-electron chi connectivity index (χ3n) is 3.34. The second-order valence-corrected chi connectivity index (χ2v) is 6.64. The van der Waals surface area contributed by atoms with Gasteiger partial charge in [0.15, 0.2) is 0 Å². The molecule has 1 aromatic carbocycles. The fourth-order valence-corrected chi connectivity index (χ4v) is 3.09. The average Bonchev–Trinajstić information content (AvgIpc) is 2.88. The lowest BCUT2D eigenvalue weighted by molar-refractivity contribution is 0.0929. The highest BCUT2D eigenvalue weighted by Gasteiger charge is 2.20. The van der Waals surface area contributed by atoms with Gasteiger partial charge in [-0.05, 0) is 25.5 Å². The Hall–Kier alpha value is -1.95. The number of amides is 1. The van der Waals surface area contributed by atoms with Gasteiger partial charge in [-0.1, -0.05) is 30.3 Å². The van der Waals surface area contributed by atoms with Crippen LogP contribution in [0.3, 0.4) is 0 Å². The van der Waals surface area contributed by atoms with Crippen LogP contribution in [0.4, 0.5) is 0 Å². The smallest absolute Gasteiger partial charge is 0.270 e. The van der Waals surface area contributed by atoms with Crippen molar-refractivity contribution in [3.05, 3.63) is 53.3 Å². The molecule has 118 valence electrons. The van der Waals surface area contributed by atoms with Gasteiger partial charge in [0.25, 0.3) is 5.91 Å². The van der Waals surface area contributed by atoms with E-state index in [-0.39, 0.29) is 11.9 Å². The van der Waals surface area contributed by atoms with Crippen LogP contribution in [-0.4, -0.2) is 31.9 Å². The summed E-state index contributed by atoms with van der Waals surface area (Å²) in [7, 11) is -1.01. The standard InChI is InChI=1S/C16H21N3O2S/c1-4-19-15(10-12(2)18-19)16(20)17-14(11-22(3)21)13-8-6-5-7-9-13/h5-10,14H,4,11H2,1-3H3,(H,17,20)/t14-,22-/m1/s1. The van der Waals surface area contributed by atoms with E-state index in [1.165, 1.54) is 0 Å². The summed E-state index contributed by atoms with van der Waals surface area (Å²) in [5, 5.41) is 7.26. The van der Waals surface area contributed by atoms with Crippen LogP contribution in [0.2, 0.25) is 0 Å². The Morgan fingerprint density at radius 3 is 2.64 bits per heavy atom. The number of rotatable bonds is 6. The first kappa shape index (κ1) is 16.4. The predicted molar refractivity (Wildman–Crippen MR) is 88.2 cm³/mol. The van der Waals surface area contributed by atoms with Crippen molar-refractivity contribution < 1.29 is 9.00 Å². The number of aromatic nitrogens is 2. The molecule has 6 heteroatoms. The van der Waals surface area contributed by atoms with Crippen molar-refractivity contribution in [1.82, 2.24) is 15.1 Å². The summed E-state index contributed by atoms with van der Waals surface area (Å²) >= 11 is 0. The van der Waals surface area contributed by atoms with Crippen molar-refractivity contribution in [2.75, 3.05) is 12.0 Å². The topological polar surface area (TPSA) is 64.0 Å². The SMILES string of the molecule is CCn1nc(C)cc1C(=O)N[C@H](C[S@@](C)=O)c1ccccc1. The summed E-state index contributed by atoms with van der Waals surface area (Å²) < 4.78 is 13.3. The van der Waals surface area contributed by atoms with Crippen molar-refractivity contribution in [1.29, 1.82) is 0 Å². The summed E-state index contributed by atoms with van der Waals surface area (Å²) in [6.07, 6.45) is 1.64. The highest BCUT2D eigenvalue weighted by Crippen LogP contribution is 2.15. The summed E-state index contributed by atoms with van der Waals surface area (Å²) in [4.78, 5) is 12.5. The summed E-state index contributed by atoms with van der Waals surface area (Å²) in [6, 6.07) is 11.1. The minimum absolute atomic E-state index is 0.193. The second kappa shape index (κ2) is 7.35. The maximum absolute atomic E-state index is 12.5. The fraction of sp³-hybridized carbons (Fsp3) is 0.375. The van der Waals surface area contributed by atoms with Crippen molar-refractivity contribution >= 4 is 16.7 Å². The van der Waals surface area contributed by atoms with Crippen molar-refractivity contribution in [2.24, 2.45) is 0 Å². The number of carbonyl (C=O) groups excluding carboxylic acids is 1. The lowest BCUT2D eigenvalue weighted by Gasteiger charge is -2.18. The van der Waals surface area contributed by atoms with Gasteiger partial charge in [0.05, 0.1) is 11.7 Å². The van der Waals surface area contributed by atoms with Crippen molar-refractivity contribution in [2.45, 2.75) is 26.4 Å². The molecule has 0 fully saturated rings. The van der Waals surface area contributed by atoms with Gasteiger partial charge in [-0.3, -0.25) is 13.7 Å². The summed E-state index contributed by atoms with van der Waals surface area (Å²) in [5.41, 5.74) is 2.29. The molecule has 22 heavy (non-hydrogen) atoms. The van der Waals surface area contributed by atoms with E-state index in [4.69, 9.17) is 0 Å². The van der Waals surface area contributed by atoms with E-state index in [0.717, 1.165) is 11.3 Å². The average molecular weight is 319 g/mol. The predicted octanol–water partition coefficient (Wildman–Crippen LogP) is 2.06. The van der Waals surface area contributed by atoms with E-state index in [1.807, 2.05) is 44.2 Å². The summed E-state index contributed by atoms with van der Waals surface area (Å²) in [5.74, 6) is 0.191. The number of aryl methyl sites for hydroxylation is 2. The third-order valence-corrected chi connectivity index (χ3v) is 4.15. The zero-order valence-corrected chi connectivity index (χ0v) is 13.9. The van der Waals surface area contributed by atoms with Crippen molar-refractivity contribution in [3.63, 3.8) is 0 Å². The third kappa shape index (κ3) is 4.04. The van der Waals surface area contributed by atoms with E-state index < -0.39 is 10.8 Å². The van der Waals surface area contributed by atoms with Crippen LogP contribution < -0.4 is 5.32 Å². The molecule has 1 aromatic heterocycles. The lowest BCUT2D eigenvalue weighted by Crippen LogP contribution is -2.33. The van der Waals surface area contributed by atoms with Gasteiger partial charge in [-0.25, -0.2) is 0 Å². The van der Waals surface area contributed by atoms with Gasteiger partial charge in [0.2, 0.25) is 0 Å². The molecule has 1 N–H and O–H groups in total. The maximum Gasteiger partial charge on any atom is 0.270 e. The molecule has 5 nitrogen and oxygen atoms in total.